The topological polar surface area (TPSA) is 42.4 Å². The lowest BCUT2D eigenvalue weighted by Crippen LogP contribution is -2.38. The molecule has 0 aliphatic carbocycles. The average molecular weight is 254 g/mol. The molecular formula is C12H18N2O2S. The molecule has 1 fully saturated rings. The van der Waals surface area contributed by atoms with Crippen LogP contribution in [0.15, 0.2) is 5.38 Å². The highest BCUT2D eigenvalue weighted by Gasteiger charge is 2.20. The van der Waals surface area contributed by atoms with Crippen LogP contribution in [0.1, 0.15) is 35.8 Å². The summed E-state index contributed by atoms with van der Waals surface area (Å²) in [4.78, 5) is 18.2. The molecule has 94 valence electrons. The molecule has 0 unspecified atom stereocenters. The van der Waals surface area contributed by atoms with Crippen LogP contribution >= 0.6 is 11.3 Å². The Morgan fingerprint density at radius 2 is 2.47 bits per heavy atom. The molecule has 0 atom stereocenters. The van der Waals surface area contributed by atoms with Crippen LogP contribution in [0.25, 0.3) is 0 Å². The molecule has 2 heterocycles. The van der Waals surface area contributed by atoms with E-state index in [0.29, 0.717) is 18.3 Å². The Bertz CT molecular complexity index is 384. The second-order valence-electron chi connectivity index (χ2n) is 4.68. The molecule has 1 aliphatic rings. The third kappa shape index (κ3) is 3.26. The number of hydrogen-bond acceptors (Lipinski definition) is 4. The van der Waals surface area contributed by atoms with Crippen molar-refractivity contribution in [2.24, 2.45) is 5.92 Å². The minimum atomic E-state index is -0.00374. The minimum Gasteiger partial charge on any atom is -0.361 e. The van der Waals surface area contributed by atoms with Crippen molar-refractivity contribution >= 4 is 17.2 Å². The fourth-order valence-electron chi connectivity index (χ4n) is 1.77. The van der Waals surface area contributed by atoms with Crippen molar-refractivity contribution in [1.29, 1.82) is 0 Å². The number of nitrogens with zero attached hydrogens (tertiary/aromatic N) is 2. The summed E-state index contributed by atoms with van der Waals surface area (Å²) >= 11 is 1.57. The van der Waals surface area contributed by atoms with E-state index in [-0.39, 0.29) is 5.91 Å². The molecule has 1 aliphatic heterocycles. The van der Waals surface area contributed by atoms with Gasteiger partial charge in [0.25, 0.3) is 5.91 Å². The Morgan fingerprint density at radius 3 is 3.12 bits per heavy atom. The number of thiazole rings is 1. The SMILES string of the molecule is CC(C)Cc1nc(C(=O)N2CCCOC2)cs1. The first-order valence-electron chi connectivity index (χ1n) is 5.98. The number of amides is 1. The molecule has 1 aromatic heterocycles. The lowest BCUT2D eigenvalue weighted by Gasteiger charge is -2.25. The third-order valence-corrected chi connectivity index (χ3v) is 3.48. The van der Waals surface area contributed by atoms with Crippen molar-refractivity contribution in [2.45, 2.75) is 26.7 Å². The summed E-state index contributed by atoms with van der Waals surface area (Å²) in [6, 6.07) is 0. The van der Waals surface area contributed by atoms with E-state index >= 15 is 0 Å². The van der Waals surface area contributed by atoms with Crippen molar-refractivity contribution in [3.05, 3.63) is 16.1 Å². The Labute approximate surface area is 106 Å². The number of rotatable bonds is 3. The maximum Gasteiger partial charge on any atom is 0.275 e. The second kappa shape index (κ2) is 5.60. The number of ether oxygens (including phenoxy) is 1. The molecule has 5 heteroatoms. The summed E-state index contributed by atoms with van der Waals surface area (Å²) in [7, 11) is 0. The van der Waals surface area contributed by atoms with Crippen molar-refractivity contribution < 1.29 is 9.53 Å². The molecule has 0 bridgehead atoms. The van der Waals surface area contributed by atoms with Crippen molar-refractivity contribution in [3.8, 4) is 0 Å². The standard InChI is InChI=1S/C12H18N2O2S/c1-9(2)6-11-13-10(7-17-11)12(15)14-4-3-5-16-8-14/h7,9H,3-6,8H2,1-2H3. The van der Waals surface area contributed by atoms with E-state index in [2.05, 4.69) is 18.8 Å². The summed E-state index contributed by atoms with van der Waals surface area (Å²) in [5, 5.41) is 2.90. The zero-order valence-electron chi connectivity index (χ0n) is 10.3. The first kappa shape index (κ1) is 12.5. The predicted octanol–water partition coefficient (Wildman–Crippen LogP) is 2.16. The van der Waals surface area contributed by atoms with Gasteiger partial charge in [-0.15, -0.1) is 11.3 Å². The monoisotopic (exact) mass is 254 g/mol. The predicted molar refractivity (Wildman–Crippen MR) is 67.1 cm³/mol. The van der Waals surface area contributed by atoms with Crippen LogP contribution in [0.5, 0.6) is 0 Å². The molecule has 0 spiro atoms. The van der Waals surface area contributed by atoms with E-state index in [1.165, 1.54) is 0 Å². The minimum absolute atomic E-state index is 0.00374. The summed E-state index contributed by atoms with van der Waals surface area (Å²) in [5.41, 5.74) is 0.566. The van der Waals surface area contributed by atoms with E-state index in [9.17, 15) is 4.79 Å². The van der Waals surface area contributed by atoms with Gasteiger partial charge in [0.15, 0.2) is 0 Å². The van der Waals surface area contributed by atoms with Crippen LogP contribution in [-0.2, 0) is 11.2 Å². The molecule has 0 saturated carbocycles. The van der Waals surface area contributed by atoms with E-state index in [1.54, 1.807) is 16.2 Å². The first-order valence-corrected chi connectivity index (χ1v) is 6.86. The third-order valence-electron chi connectivity index (χ3n) is 2.60. The van der Waals surface area contributed by atoms with Gasteiger partial charge in [-0.3, -0.25) is 4.79 Å². The van der Waals surface area contributed by atoms with Gasteiger partial charge >= 0.3 is 0 Å². The highest BCUT2D eigenvalue weighted by molar-refractivity contribution is 7.09. The van der Waals surface area contributed by atoms with Crippen LogP contribution in [0, 0.1) is 5.92 Å². The smallest absolute Gasteiger partial charge is 0.275 e. The summed E-state index contributed by atoms with van der Waals surface area (Å²) in [5.74, 6) is 0.568. The van der Waals surface area contributed by atoms with Crippen molar-refractivity contribution in [1.82, 2.24) is 9.88 Å². The van der Waals surface area contributed by atoms with Gasteiger partial charge in [0.05, 0.1) is 11.6 Å². The summed E-state index contributed by atoms with van der Waals surface area (Å²) < 4.78 is 5.28. The normalized spacial score (nSPS) is 16.5. The fourth-order valence-corrected chi connectivity index (χ4v) is 2.75. The molecule has 1 amide bonds. The summed E-state index contributed by atoms with van der Waals surface area (Å²) in [6.45, 7) is 6.23. The zero-order chi connectivity index (χ0) is 12.3. The van der Waals surface area contributed by atoms with E-state index in [4.69, 9.17) is 4.74 Å². The average Bonchev–Trinajstić information content (AvgIpc) is 2.77. The van der Waals surface area contributed by atoms with Gasteiger partial charge in [-0.1, -0.05) is 13.8 Å². The van der Waals surface area contributed by atoms with E-state index in [0.717, 1.165) is 31.0 Å². The number of carbonyl (C=O) groups is 1. The van der Waals surface area contributed by atoms with Gasteiger partial charge in [-0.25, -0.2) is 4.98 Å². The van der Waals surface area contributed by atoms with Gasteiger partial charge in [0.1, 0.15) is 12.4 Å². The fraction of sp³-hybridized carbons (Fsp3) is 0.667. The highest BCUT2D eigenvalue weighted by Crippen LogP contribution is 2.16. The molecule has 0 N–H and O–H groups in total. The summed E-state index contributed by atoms with van der Waals surface area (Å²) in [6.07, 6.45) is 1.85. The van der Waals surface area contributed by atoms with E-state index < -0.39 is 0 Å². The van der Waals surface area contributed by atoms with Crippen LogP contribution < -0.4 is 0 Å². The Kier molecular flexibility index (Phi) is 4.12. The van der Waals surface area contributed by atoms with Crippen LogP contribution in [0.4, 0.5) is 0 Å². The molecule has 17 heavy (non-hydrogen) atoms. The maximum absolute atomic E-state index is 12.1. The molecular weight excluding hydrogens is 236 g/mol. The second-order valence-corrected chi connectivity index (χ2v) is 5.63. The zero-order valence-corrected chi connectivity index (χ0v) is 11.1. The Hall–Kier alpha value is -0.940. The lowest BCUT2D eigenvalue weighted by atomic mass is 10.1. The van der Waals surface area contributed by atoms with Crippen LogP contribution in [-0.4, -0.2) is 35.7 Å². The molecule has 4 nitrogen and oxygen atoms in total. The molecule has 2 rings (SSSR count). The number of hydrogen-bond donors (Lipinski definition) is 0. The molecule has 1 saturated heterocycles. The van der Waals surface area contributed by atoms with Gasteiger partial charge in [0, 0.05) is 18.3 Å². The maximum atomic E-state index is 12.1. The number of carbonyl (C=O) groups excluding carboxylic acids is 1. The molecule has 0 radical (unpaired) electrons. The van der Waals surface area contributed by atoms with E-state index in [1.807, 2.05) is 5.38 Å². The van der Waals surface area contributed by atoms with Gasteiger partial charge in [0.2, 0.25) is 0 Å². The van der Waals surface area contributed by atoms with Crippen LogP contribution in [0.3, 0.4) is 0 Å². The molecule has 1 aromatic rings. The first-order chi connectivity index (χ1) is 8.16. The lowest BCUT2D eigenvalue weighted by molar-refractivity contribution is -0.00600. The number of aromatic nitrogens is 1. The quantitative estimate of drug-likeness (QED) is 0.830. The van der Waals surface area contributed by atoms with Crippen molar-refractivity contribution in [3.63, 3.8) is 0 Å². The van der Waals surface area contributed by atoms with Crippen LogP contribution in [0.2, 0.25) is 0 Å². The van der Waals surface area contributed by atoms with Crippen molar-refractivity contribution in [2.75, 3.05) is 19.9 Å². The van der Waals surface area contributed by atoms with Gasteiger partial charge in [-0.05, 0) is 12.3 Å². The molecule has 0 aromatic carbocycles. The highest BCUT2D eigenvalue weighted by atomic mass is 32.1. The van der Waals surface area contributed by atoms with Gasteiger partial charge < -0.3 is 9.64 Å². The Morgan fingerprint density at radius 1 is 1.65 bits per heavy atom. The Balaban J connectivity index is 2.01. The van der Waals surface area contributed by atoms with Gasteiger partial charge in [-0.2, -0.15) is 0 Å². The largest absolute Gasteiger partial charge is 0.361 e.